The lowest BCUT2D eigenvalue weighted by Gasteiger charge is -2.20. The Bertz CT molecular complexity index is 423. The first kappa shape index (κ1) is 17.1. The Morgan fingerprint density at radius 1 is 1.35 bits per heavy atom. The van der Waals surface area contributed by atoms with Crippen LogP contribution in [-0.2, 0) is 19.7 Å². The standard InChI is InChI=1S/C15H25NO3S/c1-6-9-11(18-7-2)13-16-12(10-20-13)15(4,5)14(17)19-8-3/h10-11H,6-9H2,1-5H3. The van der Waals surface area contributed by atoms with Crippen molar-refractivity contribution in [3.63, 3.8) is 0 Å². The highest BCUT2D eigenvalue weighted by Crippen LogP contribution is 2.31. The van der Waals surface area contributed by atoms with E-state index in [0.29, 0.717) is 13.2 Å². The first-order valence-electron chi connectivity index (χ1n) is 7.22. The molecule has 0 aromatic carbocycles. The van der Waals surface area contributed by atoms with Gasteiger partial charge in [-0.15, -0.1) is 11.3 Å². The zero-order valence-electron chi connectivity index (χ0n) is 13.1. The van der Waals surface area contributed by atoms with Crippen LogP contribution in [0.3, 0.4) is 0 Å². The fourth-order valence-corrected chi connectivity index (χ4v) is 2.95. The van der Waals surface area contributed by atoms with Crippen molar-refractivity contribution in [2.45, 2.75) is 59.0 Å². The summed E-state index contributed by atoms with van der Waals surface area (Å²) in [5, 5.41) is 2.88. The Labute approximate surface area is 125 Å². The quantitative estimate of drug-likeness (QED) is 0.684. The molecule has 0 aliphatic heterocycles. The van der Waals surface area contributed by atoms with Gasteiger partial charge in [0, 0.05) is 12.0 Å². The molecular weight excluding hydrogens is 274 g/mol. The number of rotatable bonds is 8. The SMILES string of the molecule is CCCC(OCC)c1nc(C(C)(C)C(=O)OCC)cs1. The number of thiazole rings is 1. The molecule has 0 saturated heterocycles. The number of carbonyl (C=O) groups is 1. The van der Waals surface area contributed by atoms with Gasteiger partial charge in [-0.1, -0.05) is 13.3 Å². The lowest BCUT2D eigenvalue weighted by atomic mass is 9.90. The van der Waals surface area contributed by atoms with Crippen molar-refractivity contribution in [3.05, 3.63) is 16.1 Å². The lowest BCUT2D eigenvalue weighted by Crippen LogP contribution is -2.31. The van der Waals surface area contributed by atoms with Crippen LogP contribution in [0.5, 0.6) is 0 Å². The van der Waals surface area contributed by atoms with Crippen molar-refractivity contribution in [3.8, 4) is 0 Å². The molecule has 1 heterocycles. The molecule has 0 bridgehead atoms. The zero-order chi connectivity index (χ0) is 15.2. The molecule has 1 aromatic rings. The van der Waals surface area contributed by atoms with Crippen LogP contribution < -0.4 is 0 Å². The van der Waals surface area contributed by atoms with Gasteiger partial charge in [0.15, 0.2) is 0 Å². The zero-order valence-corrected chi connectivity index (χ0v) is 13.9. The fraction of sp³-hybridized carbons (Fsp3) is 0.733. The van der Waals surface area contributed by atoms with Gasteiger partial charge in [-0.25, -0.2) is 4.98 Å². The van der Waals surface area contributed by atoms with Gasteiger partial charge in [0.05, 0.1) is 12.3 Å². The predicted molar refractivity (Wildman–Crippen MR) is 81.0 cm³/mol. The molecule has 0 aliphatic rings. The van der Waals surface area contributed by atoms with Gasteiger partial charge in [0.25, 0.3) is 0 Å². The second-order valence-electron chi connectivity index (χ2n) is 5.15. The summed E-state index contributed by atoms with van der Waals surface area (Å²) < 4.78 is 10.9. The highest BCUT2D eigenvalue weighted by Gasteiger charge is 2.34. The summed E-state index contributed by atoms with van der Waals surface area (Å²) in [6.45, 7) is 10.7. The number of esters is 1. The molecule has 0 aliphatic carbocycles. The number of nitrogens with zero attached hydrogens (tertiary/aromatic N) is 1. The number of hydrogen-bond acceptors (Lipinski definition) is 5. The summed E-state index contributed by atoms with van der Waals surface area (Å²) in [5.74, 6) is -0.236. The summed E-state index contributed by atoms with van der Waals surface area (Å²) >= 11 is 1.56. The summed E-state index contributed by atoms with van der Waals surface area (Å²) in [6.07, 6.45) is 2.02. The summed E-state index contributed by atoms with van der Waals surface area (Å²) in [5.41, 5.74) is 0.0463. The monoisotopic (exact) mass is 299 g/mol. The van der Waals surface area contributed by atoms with E-state index in [1.165, 1.54) is 0 Å². The normalized spacial score (nSPS) is 13.2. The van der Waals surface area contributed by atoms with Crippen LogP contribution in [0.2, 0.25) is 0 Å². The minimum atomic E-state index is -0.715. The number of ether oxygens (including phenoxy) is 2. The van der Waals surface area contributed by atoms with E-state index in [0.717, 1.165) is 23.5 Å². The van der Waals surface area contributed by atoms with Crippen molar-refractivity contribution in [2.24, 2.45) is 0 Å². The lowest BCUT2D eigenvalue weighted by molar-refractivity contribution is -0.148. The molecule has 1 unspecified atom stereocenters. The Kier molecular flexibility index (Phi) is 6.62. The van der Waals surface area contributed by atoms with Gasteiger partial charge in [0.2, 0.25) is 0 Å². The summed E-state index contributed by atoms with van der Waals surface area (Å²) in [6, 6.07) is 0. The van der Waals surface area contributed by atoms with Crippen LogP contribution >= 0.6 is 11.3 Å². The second-order valence-corrected chi connectivity index (χ2v) is 6.04. The average molecular weight is 299 g/mol. The van der Waals surface area contributed by atoms with Gasteiger partial charge < -0.3 is 9.47 Å². The molecule has 1 aromatic heterocycles. The molecule has 114 valence electrons. The Balaban J connectivity index is 2.91. The highest BCUT2D eigenvalue weighted by molar-refractivity contribution is 7.09. The van der Waals surface area contributed by atoms with E-state index in [9.17, 15) is 4.79 Å². The van der Waals surface area contributed by atoms with Crippen molar-refractivity contribution in [1.82, 2.24) is 4.98 Å². The largest absolute Gasteiger partial charge is 0.465 e. The van der Waals surface area contributed by atoms with E-state index in [1.807, 2.05) is 33.1 Å². The minimum Gasteiger partial charge on any atom is -0.465 e. The first-order valence-corrected chi connectivity index (χ1v) is 8.09. The van der Waals surface area contributed by atoms with Crippen LogP contribution in [0.15, 0.2) is 5.38 Å². The van der Waals surface area contributed by atoms with Crippen LogP contribution in [-0.4, -0.2) is 24.2 Å². The van der Waals surface area contributed by atoms with Crippen molar-refractivity contribution in [2.75, 3.05) is 13.2 Å². The number of hydrogen-bond donors (Lipinski definition) is 0. The van der Waals surface area contributed by atoms with E-state index < -0.39 is 5.41 Å². The third-order valence-corrected chi connectivity index (χ3v) is 4.08. The molecule has 0 spiro atoms. The smallest absolute Gasteiger partial charge is 0.317 e. The molecular formula is C15H25NO3S. The maximum Gasteiger partial charge on any atom is 0.317 e. The molecule has 0 fully saturated rings. The van der Waals surface area contributed by atoms with Crippen molar-refractivity contribution >= 4 is 17.3 Å². The van der Waals surface area contributed by atoms with Crippen molar-refractivity contribution < 1.29 is 14.3 Å². The fourth-order valence-electron chi connectivity index (χ4n) is 1.88. The molecule has 1 rings (SSSR count). The van der Waals surface area contributed by atoms with E-state index in [-0.39, 0.29) is 12.1 Å². The Hall–Kier alpha value is -0.940. The van der Waals surface area contributed by atoms with E-state index in [1.54, 1.807) is 11.3 Å². The van der Waals surface area contributed by atoms with Crippen LogP contribution in [0.1, 0.15) is 64.3 Å². The van der Waals surface area contributed by atoms with Gasteiger partial charge in [-0.2, -0.15) is 0 Å². The minimum absolute atomic E-state index is 0.0294. The maximum absolute atomic E-state index is 12.0. The Morgan fingerprint density at radius 2 is 2.05 bits per heavy atom. The molecule has 20 heavy (non-hydrogen) atoms. The first-order chi connectivity index (χ1) is 9.47. The maximum atomic E-state index is 12.0. The molecule has 0 amide bonds. The third kappa shape index (κ3) is 4.03. The molecule has 0 N–H and O–H groups in total. The van der Waals surface area contributed by atoms with Gasteiger partial charge in [0.1, 0.15) is 16.5 Å². The van der Waals surface area contributed by atoms with E-state index in [4.69, 9.17) is 9.47 Å². The van der Waals surface area contributed by atoms with Gasteiger partial charge in [-0.05, 0) is 34.1 Å². The highest BCUT2D eigenvalue weighted by atomic mass is 32.1. The van der Waals surface area contributed by atoms with Gasteiger partial charge >= 0.3 is 5.97 Å². The number of aromatic nitrogens is 1. The van der Waals surface area contributed by atoms with Crippen LogP contribution in [0.4, 0.5) is 0 Å². The summed E-state index contributed by atoms with van der Waals surface area (Å²) in [7, 11) is 0. The Morgan fingerprint density at radius 3 is 2.60 bits per heavy atom. The predicted octanol–water partition coefficient (Wildman–Crippen LogP) is 3.86. The van der Waals surface area contributed by atoms with Gasteiger partial charge in [-0.3, -0.25) is 4.79 Å². The van der Waals surface area contributed by atoms with Crippen LogP contribution in [0.25, 0.3) is 0 Å². The number of carbonyl (C=O) groups excluding carboxylic acids is 1. The van der Waals surface area contributed by atoms with E-state index >= 15 is 0 Å². The average Bonchev–Trinajstić information content (AvgIpc) is 2.89. The molecule has 5 heteroatoms. The molecule has 1 atom stereocenters. The molecule has 0 saturated carbocycles. The molecule has 4 nitrogen and oxygen atoms in total. The molecule has 0 radical (unpaired) electrons. The summed E-state index contributed by atoms with van der Waals surface area (Å²) in [4.78, 5) is 16.6. The topological polar surface area (TPSA) is 48.4 Å². The van der Waals surface area contributed by atoms with Crippen LogP contribution in [0, 0.1) is 0 Å². The third-order valence-electron chi connectivity index (χ3n) is 3.14. The second kappa shape index (κ2) is 7.74. The van der Waals surface area contributed by atoms with Crippen molar-refractivity contribution in [1.29, 1.82) is 0 Å². The van der Waals surface area contributed by atoms with E-state index in [2.05, 4.69) is 11.9 Å².